The van der Waals surface area contributed by atoms with E-state index < -0.39 is 0 Å². The molecule has 0 aliphatic carbocycles. The lowest BCUT2D eigenvalue weighted by molar-refractivity contribution is 0.0699. The molecule has 158 valence electrons. The molecule has 0 spiro atoms. The Hall–Kier alpha value is -3.26. The first-order valence-electron chi connectivity index (χ1n) is 10.5. The van der Waals surface area contributed by atoms with Crippen molar-refractivity contribution < 1.29 is 4.79 Å². The number of carbonyl (C=O) groups is 1. The van der Waals surface area contributed by atoms with Crippen molar-refractivity contribution >= 4 is 28.6 Å². The van der Waals surface area contributed by atoms with Crippen LogP contribution in [0.1, 0.15) is 45.6 Å². The molecule has 1 saturated heterocycles. The second-order valence-electron chi connectivity index (χ2n) is 7.87. The standard InChI is InChI=1S/C23H24N6OS/c1-16-25-20(15-31-16)23(30)28-11-5-8-18(13-28)22-26-21-10-9-19(14-29(21)27-22)24-12-17-6-3-2-4-7-17/h2-4,6-7,9-10,14-15,18,24H,5,8,11-13H2,1H3/t18-/m1/s1. The number of rotatable bonds is 5. The third kappa shape index (κ3) is 4.29. The number of thiazole rings is 1. The monoisotopic (exact) mass is 432 g/mol. The molecule has 1 aliphatic heterocycles. The van der Waals surface area contributed by atoms with E-state index in [2.05, 4.69) is 22.4 Å². The van der Waals surface area contributed by atoms with E-state index in [1.54, 1.807) is 0 Å². The van der Waals surface area contributed by atoms with Gasteiger partial charge in [0.25, 0.3) is 5.91 Å². The van der Waals surface area contributed by atoms with E-state index in [1.165, 1.54) is 16.9 Å². The highest BCUT2D eigenvalue weighted by atomic mass is 32.1. The van der Waals surface area contributed by atoms with Gasteiger partial charge in [0.05, 0.1) is 16.9 Å². The minimum Gasteiger partial charge on any atom is -0.380 e. The Labute approximate surface area is 184 Å². The Balaban J connectivity index is 1.29. The zero-order valence-electron chi connectivity index (χ0n) is 17.4. The van der Waals surface area contributed by atoms with Crippen LogP contribution in [0.5, 0.6) is 0 Å². The lowest BCUT2D eigenvalue weighted by Gasteiger charge is -2.30. The minimum absolute atomic E-state index is 0.00483. The maximum absolute atomic E-state index is 12.8. The minimum atomic E-state index is 0.00483. The summed E-state index contributed by atoms with van der Waals surface area (Å²) in [6.45, 7) is 4.06. The number of pyridine rings is 1. The summed E-state index contributed by atoms with van der Waals surface area (Å²) in [6, 6.07) is 14.3. The normalized spacial score (nSPS) is 16.5. The number of amides is 1. The van der Waals surface area contributed by atoms with Crippen LogP contribution in [0.15, 0.2) is 54.0 Å². The lowest BCUT2D eigenvalue weighted by atomic mass is 9.97. The fourth-order valence-electron chi connectivity index (χ4n) is 3.97. The first-order valence-corrected chi connectivity index (χ1v) is 11.4. The van der Waals surface area contributed by atoms with E-state index in [0.717, 1.165) is 48.1 Å². The van der Waals surface area contributed by atoms with Crippen LogP contribution in [0.4, 0.5) is 5.69 Å². The molecule has 1 atom stereocenters. The fraction of sp³-hybridized carbons (Fsp3) is 0.304. The molecule has 4 heterocycles. The first-order chi connectivity index (χ1) is 15.2. The molecule has 1 N–H and O–H groups in total. The number of likely N-dealkylation sites (tertiary alicyclic amines) is 1. The Kier molecular flexibility index (Phi) is 5.38. The molecule has 8 heteroatoms. The van der Waals surface area contributed by atoms with E-state index in [4.69, 9.17) is 10.1 Å². The second kappa shape index (κ2) is 8.47. The summed E-state index contributed by atoms with van der Waals surface area (Å²) < 4.78 is 1.83. The SMILES string of the molecule is Cc1nc(C(=O)N2CCC[C@@H](c3nc4ccc(NCc5ccccc5)cn4n3)C2)cs1. The number of nitrogens with zero attached hydrogens (tertiary/aromatic N) is 5. The highest BCUT2D eigenvalue weighted by Gasteiger charge is 2.29. The van der Waals surface area contributed by atoms with Gasteiger partial charge in [0.2, 0.25) is 0 Å². The van der Waals surface area contributed by atoms with Gasteiger partial charge < -0.3 is 10.2 Å². The molecule has 4 aromatic rings. The zero-order chi connectivity index (χ0) is 21.2. The molecule has 3 aromatic heterocycles. The van der Waals surface area contributed by atoms with Gasteiger partial charge in [-0.1, -0.05) is 30.3 Å². The van der Waals surface area contributed by atoms with Gasteiger partial charge in [0, 0.05) is 30.9 Å². The maximum atomic E-state index is 12.8. The van der Waals surface area contributed by atoms with E-state index in [1.807, 2.05) is 58.2 Å². The highest BCUT2D eigenvalue weighted by molar-refractivity contribution is 7.09. The number of piperidine rings is 1. The van der Waals surface area contributed by atoms with Crippen LogP contribution < -0.4 is 5.32 Å². The van der Waals surface area contributed by atoms with E-state index in [9.17, 15) is 4.79 Å². The van der Waals surface area contributed by atoms with Crippen LogP contribution in [0, 0.1) is 6.92 Å². The van der Waals surface area contributed by atoms with Gasteiger partial charge in [-0.2, -0.15) is 5.10 Å². The van der Waals surface area contributed by atoms with Crippen molar-refractivity contribution in [2.24, 2.45) is 0 Å². The number of hydrogen-bond acceptors (Lipinski definition) is 6. The Morgan fingerprint density at radius 1 is 1.19 bits per heavy atom. The number of carbonyl (C=O) groups excluding carboxylic acids is 1. The van der Waals surface area contributed by atoms with Crippen LogP contribution in [-0.4, -0.2) is 43.5 Å². The third-order valence-electron chi connectivity index (χ3n) is 5.60. The number of hydrogen-bond donors (Lipinski definition) is 1. The van der Waals surface area contributed by atoms with Crippen molar-refractivity contribution in [2.45, 2.75) is 32.2 Å². The summed E-state index contributed by atoms with van der Waals surface area (Å²) in [5.41, 5.74) is 3.58. The van der Waals surface area contributed by atoms with Crippen molar-refractivity contribution in [3.05, 3.63) is 76.1 Å². The van der Waals surface area contributed by atoms with Crippen molar-refractivity contribution in [2.75, 3.05) is 18.4 Å². The average Bonchev–Trinajstić information content (AvgIpc) is 3.44. The topological polar surface area (TPSA) is 75.4 Å². The summed E-state index contributed by atoms with van der Waals surface area (Å²) in [7, 11) is 0. The van der Waals surface area contributed by atoms with Crippen molar-refractivity contribution in [1.29, 1.82) is 0 Å². The molecule has 31 heavy (non-hydrogen) atoms. The van der Waals surface area contributed by atoms with E-state index >= 15 is 0 Å². The first kappa shape index (κ1) is 19.7. The predicted octanol–water partition coefficient (Wildman–Crippen LogP) is 4.13. The smallest absolute Gasteiger partial charge is 0.273 e. The summed E-state index contributed by atoms with van der Waals surface area (Å²) in [6.07, 6.45) is 3.90. The summed E-state index contributed by atoms with van der Waals surface area (Å²) in [5.74, 6) is 0.940. The number of anilines is 1. The molecule has 1 aliphatic rings. The van der Waals surface area contributed by atoms with Gasteiger partial charge >= 0.3 is 0 Å². The molecule has 0 bridgehead atoms. The number of aromatic nitrogens is 4. The Bertz CT molecular complexity index is 1200. The molecule has 1 fully saturated rings. The number of aryl methyl sites for hydroxylation is 1. The van der Waals surface area contributed by atoms with Crippen LogP contribution in [0.2, 0.25) is 0 Å². The van der Waals surface area contributed by atoms with Crippen molar-refractivity contribution in [1.82, 2.24) is 24.5 Å². The van der Waals surface area contributed by atoms with Gasteiger partial charge in [0.1, 0.15) is 5.69 Å². The van der Waals surface area contributed by atoms with Gasteiger partial charge in [-0.05, 0) is 37.5 Å². The van der Waals surface area contributed by atoms with E-state index in [-0.39, 0.29) is 11.8 Å². The molecule has 5 rings (SSSR count). The van der Waals surface area contributed by atoms with Crippen LogP contribution in [0.3, 0.4) is 0 Å². The summed E-state index contributed by atoms with van der Waals surface area (Å²) in [4.78, 5) is 23.8. The van der Waals surface area contributed by atoms with Gasteiger partial charge in [-0.15, -0.1) is 11.3 Å². The van der Waals surface area contributed by atoms with Crippen LogP contribution in [0.25, 0.3) is 5.65 Å². The quantitative estimate of drug-likeness (QED) is 0.513. The molecule has 7 nitrogen and oxygen atoms in total. The van der Waals surface area contributed by atoms with Gasteiger partial charge in [0.15, 0.2) is 11.5 Å². The Morgan fingerprint density at radius 2 is 2.06 bits per heavy atom. The molecule has 0 unspecified atom stereocenters. The zero-order valence-corrected chi connectivity index (χ0v) is 18.2. The summed E-state index contributed by atoms with van der Waals surface area (Å²) >= 11 is 1.51. The molecule has 1 aromatic carbocycles. The van der Waals surface area contributed by atoms with Crippen LogP contribution >= 0.6 is 11.3 Å². The van der Waals surface area contributed by atoms with Crippen molar-refractivity contribution in [3.8, 4) is 0 Å². The maximum Gasteiger partial charge on any atom is 0.273 e. The average molecular weight is 433 g/mol. The largest absolute Gasteiger partial charge is 0.380 e. The number of nitrogens with one attached hydrogen (secondary N) is 1. The second-order valence-corrected chi connectivity index (χ2v) is 8.93. The molecule has 0 saturated carbocycles. The van der Waals surface area contributed by atoms with Gasteiger partial charge in [-0.25, -0.2) is 14.5 Å². The van der Waals surface area contributed by atoms with Crippen molar-refractivity contribution in [3.63, 3.8) is 0 Å². The number of benzene rings is 1. The van der Waals surface area contributed by atoms with E-state index in [0.29, 0.717) is 12.2 Å². The number of fused-ring (bicyclic) bond motifs is 1. The summed E-state index contributed by atoms with van der Waals surface area (Å²) in [5, 5.41) is 10.9. The fourth-order valence-corrected chi connectivity index (χ4v) is 4.56. The molecule has 0 radical (unpaired) electrons. The molecule has 1 amide bonds. The highest BCUT2D eigenvalue weighted by Crippen LogP contribution is 2.26. The Morgan fingerprint density at radius 3 is 2.87 bits per heavy atom. The molecular formula is C23H24N6OS. The third-order valence-corrected chi connectivity index (χ3v) is 6.37. The lowest BCUT2D eigenvalue weighted by Crippen LogP contribution is -2.39. The molecular weight excluding hydrogens is 408 g/mol. The van der Waals surface area contributed by atoms with Gasteiger partial charge in [-0.3, -0.25) is 4.79 Å². The van der Waals surface area contributed by atoms with Crippen LogP contribution in [-0.2, 0) is 6.54 Å². The predicted molar refractivity (Wildman–Crippen MR) is 121 cm³/mol.